The highest BCUT2D eigenvalue weighted by molar-refractivity contribution is 9.09. The molecule has 1 saturated carbocycles. The van der Waals surface area contributed by atoms with Gasteiger partial charge < -0.3 is 5.32 Å². The summed E-state index contributed by atoms with van der Waals surface area (Å²) in [6.45, 7) is 4.31. The van der Waals surface area contributed by atoms with Gasteiger partial charge in [0.15, 0.2) is 0 Å². The van der Waals surface area contributed by atoms with Gasteiger partial charge in [-0.05, 0) is 31.2 Å². The molecule has 1 N–H and O–H groups in total. The van der Waals surface area contributed by atoms with Crippen molar-refractivity contribution in [3.63, 3.8) is 0 Å². The van der Waals surface area contributed by atoms with Gasteiger partial charge >= 0.3 is 0 Å². The van der Waals surface area contributed by atoms with Crippen molar-refractivity contribution in [3.8, 4) is 0 Å². The number of halogens is 1. The van der Waals surface area contributed by atoms with Crippen LogP contribution in [0.25, 0.3) is 0 Å². The van der Waals surface area contributed by atoms with Crippen LogP contribution in [0.15, 0.2) is 6.07 Å². The number of hydrogen-bond acceptors (Lipinski definition) is 2. The number of carbonyl (C=O) groups is 1. The van der Waals surface area contributed by atoms with E-state index in [2.05, 4.69) is 33.3 Å². The molecular weight excluding hydrogens is 318 g/mol. The van der Waals surface area contributed by atoms with E-state index in [0.717, 1.165) is 30.3 Å². The molecule has 0 aromatic carbocycles. The maximum absolute atomic E-state index is 12.5. The minimum Gasteiger partial charge on any atom is -0.344 e. The summed E-state index contributed by atoms with van der Waals surface area (Å²) in [7, 11) is 1.83. The molecule has 0 saturated heterocycles. The number of carbonyl (C=O) groups excluding carboxylic acids is 1. The van der Waals surface area contributed by atoms with E-state index in [9.17, 15) is 4.79 Å². The summed E-state index contributed by atoms with van der Waals surface area (Å²) >= 11 is 3.60. The number of rotatable bonds is 4. The molecule has 0 aliphatic heterocycles. The minimum atomic E-state index is -0.106. The molecule has 0 radical (unpaired) electrons. The van der Waals surface area contributed by atoms with Crippen molar-refractivity contribution in [1.82, 2.24) is 15.1 Å². The third-order valence-corrected chi connectivity index (χ3v) is 5.32. The molecule has 5 heteroatoms. The first-order chi connectivity index (χ1) is 9.49. The summed E-state index contributed by atoms with van der Waals surface area (Å²) in [6.07, 6.45) is 5.38. The van der Waals surface area contributed by atoms with Crippen molar-refractivity contribution < 1.29 is 4.79 Å². The van der Waals surface area contributed by atoms with E-state index < -0.39 is 0 Å². The molecule has 1 amide bonds. The van der Waals surface area contributed by atoms with Crippen LogP contribution in [0, 0.1) is 5.92 Å². The number of aryl methyl sites for hydroxylation is 2. The van der Waals surface area contributed by atoms with Crippen LogP contribution in [-0.2, 0) is 13.5 Å². The predicted octanol–water partition coefficient (Wildman–Crippen LogP) is 3.06. The Bertz CT molecular complexity index is 485. The smallest absolute Gasteiger partial charge is 0.270 e. The molecule has 20 heavy (non-hydrogen) atoms. The second kappa shape index (κ2) is 6.29. The molecule has 2 unspecified atom stereocenters. The van der Waals surface area contributed by atoms with E-state index in [-0.39, 0.29) is 11.4 Å². The van der Waals surface area contributed by atoms with Gasteiger partial charge in [-0.25, -0.2) is 0 Å². The summed E-state index contributed by atoms with van der Waals surface area (Å²) < 4.78 is 1.68. The van der Waals surface area contributed by atoms with Gasteiger partial charge in [-0.15, -0.1) is 0 Å². The van der Waals surface area contributed by atoms with Crippen LogP contribution >= 0.6 is 15.9 Å². The van der Waals surface area contributed by atoms with Crippen LogP contribution in [0.5, 0.6) is 0 Å². The molecule has 112 valence electrons. The maximum Gasteiger partial charge on any atom is 0.270 e. The fraction of sp³-hybridized carbons (Fsp3) is 0.733. The Morgan fingerprint density at radius 1 is 1.65 bits per heavy atom. The van der Waals surface area contributed by atoms with Crippen LogP contribution in [0.2, 0.25) is 0 Å². The van der Waals surface area contributed by atoms with E-state index in [4.69, 9.17) is 0 Å². The lowest BCUT2D eigenvalue weighted by Crippen LogP contribution is -2.52. The van der Waals surface area contributed by atoms with E-state index >= 15 is 0 Å². The second-order valence-corrected chi connectivity index (χ2v) is 6.63. The summed E-state index contributed by atoms with van der Waals surface area (Å²) in [5, 5.41) is 8.43. The lowest BCUT2D eigenvalue weighted by Gasteiger charge is -2.39. The Hall–Kier alpha value is -0.840. The molecule has 2 rings (SSSR count). The molecule has 1 fully saturated rings. The number of amides is 1. The average molecular weight is 342 g/mol. The largest absolute Gasteiger partial charge is 0.344 e. The zero-order valence-electron chi connectivity index (χ0n) is 12.6. The average Bonchev–Trinajstić information content (AvgIpc) is 2.80. The lowest BCUT2D eigenvalue weighted by molar-refractivity contribution is 0.0860. The highest BCUT2D eigenvalue weighted by Gasteiger charge is 2.36. The zero-order chi connectivity index (χ0) is 14.8. The van der Waals surface area contributed by atoms with Gasteiger partial charge in [0.2, 0.25) is 0 Å². The van der Waals surface area contributed by atoms with Crippen molar-refractivity contribution in [2.75, 3.05) is 5.33 Å². The van der Waals surface area contributed by atoms with Crippen LogP contribution in [0.4, 0.5) is 0 Å². The van der Waals surface area contributed by atoms with Gasteiger partial charge in [0.1, 0.15) is 5.69 Å². The molecule has 0 spiro atoms. The third kappa shape index (κ3) is 3.25. The predicted molar refractivity (Wildman–Crippen MR) is 84.2 cm³/mol. The highest BCUT2D eigenvalue weighted by Crippen LogP contribution is 2.33. The van der Waals surface area contributed by atoms with Gasteiger partial charge in [-0.3, -0.25) is 9.48 Å². The van der Waals surface area contributed by atoms with E-state index in [0.29, 0.717) is 11.6 Å². The van der Waals surface area contributed by atoms with Crippen molar-refractivity contribution >= 4 is 21.8 Å². The first-order valence-electron chi connectivity index (χ1n) is 7.41. The van der Waals surface area contributed by atoms with Crippen LogP contribution in [-0.4, -0.2) is 26.6 Å². The van der Waals surface area contributed by atoms with Gasteiger partial charge in [-0.2, -0.15) is 5.10 Å². The Morgan fingerprint density at radius 3 is 2.95 bits per heavy atom. The lowest BCUT2D eigenvalue weighted by atomic mass is 9.77. The van der Waals surface area contributed by atoms with Crippen LogP contribution in [0.3, 0.4) is 0 Å². The molecule has 1 aliphatic carbocycles. The quantitative estimate of drug-likeness (QED) is 0.855. The number of nitrogens with zero attached hydrogens (tertiary/aromatic N) is 2. The molecule has 1 aromatic heterocycles. The van der Waals surface area contributed by atoms with Crippen LogP contribution in [0.1, 0.15) is 55.7 Å². The maximum atomic E-state index is 12.5. The number of hydrogen-bond donors (Lipinski definition) is 1. The van der Waals surface area contributed by atoms with Crippen molar-refractivity contribution in [2.24, 2.45) is 13.0 Å². The highest BCUT2D eigenvalue weighted by atomic mass is 79.9. The van der Waals surface area contributed by atoms with E-state index in [1.165, 1.54) is 12.8 Å². The Balaban J connectivity index is 2.14. The van der Waals surface area contributed by atoms with Crippen molar-refractivity contribution in [2.45, 2.75) is 51.5 Å². The summed E-state index contributed by atoms with van der Waals surface area (Å²) in [5.41, 5.74) is 1.51. The first kappa shape index (κ1) is 15.5. The van der Waals surface area contributed by atoms with Gasteiger partial charge in [0.05, 0.1) is 11.2 Å². The van der Waals surface area contributed by atoms with Crippen molar-refractivity contribution in [3.05, 3.63) is 17.5 Å². The van der Waals surface area contributed by atoms with E-state index in [1.807, 2.05) is 20.0 Å². The SMILES string of the molecule is CCc1cc(C(=O)NC2(CBr)CCCC(C)C2)n(C)n1. The number of alkyl halides is 1. The normalized spacial score (nSPS) is 26.5. The molecular formula is C15H24BrN3O. The summed E-state index contributed by atoms with van der Waals surface area (Å²) in [4.78, 5) is 12.5. The topological polar surface area (TPSA) is 46.9 Å². The van der Waals surface area contributed by atoms with E-state index in [1.54, 1.807) is 4.68 Å². The standard InChI is InChI=1S/C15H24BrN3O/c1-4-12-8-13(19(3)18-12)14(20)17-15(10-16)7-5-6-11(2)9-15/h8,11H,4-7,9-10H2,1-3H3,(H,17,20). The van der Waals surface area contributed by atoms with Crippen molar-refractivity contribution in [1.29, 1.82) is 0 Å². The summed E-state index contributed by atoms with van der Waals surface area (Å²) in [6, 6.07) is 1.89. The molecule has 2 atom stereocenters. The number of nitrogens with one attached hydrogen (secondary N) is 1. The molecule has 0 bridgehead atoms. The number of aromatic nitrogens is 2. The molecule has 1 heterocycles. The fourth-order valence-corrected chi connectivity index (χ4v) is 3.79. The fourth-order valence-electron chi connectivity index (χ4n) is 3.15. The van der Waals surface area contributed by atoms with Gasteiger partial charge in [-0.1, -0.05) is 42.6 Å². The molecule has 4 nitrogen and oxygen atoms in total. The summed E-state index contributed by atoms with van der Waals surface area (Å²) in [5.74, 6) is 0.660. The first-order valence-corrected chi connectivity index (χ1v) is 8.53. The van der Waals surface area contributed by atoms with Gasteiger partial charge in [0, 0.05) is 12.4 Å². The monoisotopic (exact) mass is 341 g/mol. The second-order valence-electron chi connectivity index (χ2n) is 6.07. The van der Waals surface area contributed by atoms with Crippen LogP contribution < -0.4 is 5.32 Å². The Kier molecular flexibility index (Phi) is 4.89. The minimum absolute atomic E-state index is 0.00625. The Morgan fingerprint density at radius 2 is 2.40 bits per heavy atom. The van der Waals surface area contributed by atoms with Gasteiger partial charge in [0.25, 0.3) is 5.91 Å². The third-order valence-electron chi connectivity index (χ3n) is 4.25. The zero-order valence-corrected chi connectivity index (χ0v) is 14.2. The molecule has 1 aromatic rings. The Labute approximate surface area is 129 Å². The molecule has 1 aliphatic rings.